The van der Waals surface area contributed by atoms with Gasteiger partial charge in [-0.25, -0.2) is 0 Å². The third-order valence-electron chi connectivity index (χ3n) is 4.61. The van der Waals surface area contributed by atoms with Gasteiger partial charge < -0.3 is 20.5 Å². The Hall–Kier alpha value is -2.93. The zero-order valence-corrected chi connectivity index (χ0v) is 18.1. The van der Waals surface area contributed by atoms with Crippen LogP contribution in [0.3, 0.4) is 0 Å². The topological polar surface area (TPSA) is 90.1 Å². The molecular formula is C23H33N5O2. The Kier molecular flexibility index (Phi) is 9.80. The Morgan fingerprint density at radius 1 is 1.23 bits per heavy atom. The Morgan fingerprint density at radius 2 is 1.93 bits per heavy atom. The van der Waals surface area contributed by atoms with Crippen LogP contribution in [-0.2, 0) is 4.79 Å². The summed E-state index contributed by atoms with van der Waals surface area (Å²) in [5, 5.41) is 6.26. The molecule has 2 aromatic heterocycles. The second-order valence-electron chi connectivity index (χ2n) is 7.40. The third kappa shape index (κ3) is 7.83. The van der Waals surface area contributed by atoms with Crippen molar-refractivity contribution >= 4 is 11.6 Å². The van der Waals surface area contributed by atoms with Crippen molar-refractivity contribution in [2.75, 3.05) is 31.5 Å². The van der Waals surface area contributed by atoms with Crippen molar-refractivity contribution in [1.82, 2.24) is 20.2 Å². The van der Waals surface area contributed by atoms with Gasteiger partial charge in [0.05, 0.1) is 0 Å². The number of nitrogens with zero attached hydrogens (tertiary/aromatic N) is 2. The number of anilines is 1. The number of amides is 1. The fraction of sp³-hybridized carbons (Fsp3) is 0.435. The number of rotatable bonds is 7. The molecular weight excluding hydrogens is 378 g/mol. The summed E-state index contributed by atoms with van der Waals surface area (Å²) in [5.41, 5.74) is 2.50. The van der Waals surface area contributed by atoms with Crippen molar-refractivity contribution in [2.24, 2.45) is 0 Å². The van der Waals surface area contributed by atoms with Gasteiger partial charge in [0.1, 0.15) is 5.69 Å². The van der Waals surface area contributed by atoms with Gasteiger partial charge in [0.2, 0.25) is 5.91 Å². The lowest BCUT2D eigenvalue weighted by Gasteiger charge is -2.11. The van der Waals surface area contributed by atoms with E-state index in [1.807, 2.05) is 36.1 Å². The number of carbonyl (C=O) groups is 1. The highest BCUT2D eigenvalue weighted by Gasteiger charge is 2.14. The minimum absolute atomic E-state index is 0.0975. The van der Waals surface area contributed by atoms with E-state index in [1.165, 1.54) is 0 Å². The van der Waals surface area contributed by atoms with Crippen molar-refractivity contribution in [3.63, 3.8) is 0 Å². The lowest BCUT2D eigenvalue weighted by atomic mass is 10.1. The maximum absolute atomic E-state index is 11.5. The summed E-state index contributed by atoms with van der Waals surface area (Å²) in [4.78, 5) is 31.5. The van der Waals surface area contributed by atoms with Gasteiger partial charge in [-0.05, 0) is 43.5 Å². The predicted molar refractivity (Wildman–Crippen MR) is 123 cm³/mol. The van der Waals surface area contributed by atoms with Crippen LogP contribution < -0.4 is 16.2 Å². The number of aromatic nitrogens is 2. The van der Waals surface area contributed by atoms with Crippen LogP contribution in [0.25, 0.3) is 11.1 Å². The molecule has 30 heavy (non-hydrogen) atoms. The molecule has 1 amide bonds. The number of hydrogen-bond acceptors (Lipinski definition) is 5. The van der Waals surface area contributed by atoms with E-state index in [0.29, 0.717) is 11.7 Å². The van der Waals surface area contributed by atoms with Gasteiger partial charge in [-0.15, -0.1) is 0 Å². The molecule has 0 saturated carbocycles. The van der Waals surface area contributed by atoms with Gasteiger partial charge >= 0.3 is 0 Å². The van der Waals surface area contributed by atoms with E-state index in [0.717, 1.165) is 50.1 Å². The van der Waals surface area contributed by atoms with Gasteiger partial charge in [0, 0.05) is 62.5 Å². The molecule has 0 spiro atoms. The van der Waals surface area contributed by atoms with Gasteiger partial charge in [0.15, 0.2) is 0 Å². The van der Waals surface area contributed by atoms with Gasteiger partial charge in [0.25, 0.3) is 5.56 Å². The molecule has 0 unspecified atom stereocenters. The molecule has 0 aromatic carbocycles. The molecule has 1 aliphatic rings. The average Bonchev–Trinajstić information content (AvgIpc) is 3.29. The molecule has 3 heterocycles. The standard InChI is InChI=1S/C12H13N3O.C11H20N2O/c1-2-14-11-7-10(8-15-12(11)16)9-3-5-13-6-4-9;1-10(2)12-7-5-6-11(14)13-8-3-4-9-13/h3-8,14H,2H2,1H3,(H,15,16);5-6,10,12H,3-4,7-9H2,1-2H3/b;6-5+. The maximum Gasteiger partial charge on any atom is 0.271 e. The summed E-state index contributed by atoms with van der Waals surface area (Å²) in [7, 11) is 0. The SMILES string of the molecule is CC(C)NC/C=C/C(=O)N1CCCC1.CCNc1cc(-c2ccncc2)c[nH]c1=O. The Labute approximate surface area is 178 Å². The van der Waals surface area contributed by atoms with E-state index in [4.69, 9.17) is 0 Å². The molecule has 7 nitrogen and oxygen atoms in total. The maximum atomic E-state index is 11.5. The van der Waals surface area contributed by atoms with Crippen LogP contribution in [-0.4, -0.2) is 53.0 Å². The smallest absolute Gasteiger partial charge is 0.271 e. The minimum atomic E-state index is -0.0975. The van der Waals surface area contributed by atoms with E-state index in [2.05, 4.69) is 34.4 Å². The van der Waals surface area contributed by atoms with Gasteiger partial charge in [-0.2, -0.15) is 0 Å². The number of carbonyl (C=O) groups excluding carboxylic acids is 1. The largest absolute Gasteiger partial charge is 0.381 e. The van der Waals surface area contributed by atoms with E-state index >= 15 is 0 Å². The zero-order chi connectivity index (χ0) is 21.8. The zero-order valence-electron chi connectivity index (χ0n) is 18.1. The normalized spacial score (nSPS) is 13.4. The molecule has 7 heteroatoms. The number of aromatic amines is 1. The number of H-pyrrole nitrogens is 1. The summed E-state index contributed by atoms with van der Waals surface area (Å²) in [5.74, 6) is 0.160. The molecule has 0 atom stereocenters. The Balaban J connectivity index is 0.000000216. The molecule has 162 valence electrons. The monoisotopic (exact) mass is 411 g/mol. The summed E-state index contributed by atoms with van der Waals surface area (Å²) in [6.07, 6.45) is 11.1. The summed E-state index contributed by atoms with van der Waals surface area (Å²) in [6.45, 7) is 9.51. The van der Waals surface area contributed by atoms with Crippen molar-refractivity contribution in [3.05, 3.63) is 59.3 Å². The van der Waals surface area contributed by atoms with Crippen LogP contribution in [0.4, 0.5) is 5.69 Å². The van der Waals surface area contributed by atoms with E-state index in [1.54, 1.807) is 24.7 Å². The first-order valence-corrected chi connectivity index (χ1v) is 10.6. The third-order valence-corrected chi connectivity index (χ3v) is 4.61. The van der Waals surface area contributed by atoms with Crippen molar-refractivity contribution in [2.45, 2.75) is 39.7 Å². The Morgan fingerprint density at radius 3 is 2.57 bits per heavy atom. The first kappa shape index (κ1) is 23.3. The van der Waals surface area contributed by atoms with Crippen LogP contribution in [0.2, 0.25) is 0 Å². The van der Waals surface area contributed by atoms with E-state index in [9.17, 15) is 9.59 Å². The van der Waals surface area contributed by atoms with E-state index in [-0.39, 0.29) is 11.5 Å². The first-order valence-electron chi connectivity index (χ1n) is 10.6. The number of pyridine rings is 2. The van der Waals surface area contributed by atoms with Gasteiger partial charge in [-0.3, -0.25) is 14.6 Å². The van der Waals surface area contributed by atoms with Crippen LogP contribution in [0, 0.1) is 0 Å². The van der Waals surface area contributed by atoms with Crippen LogP contribution in [0.1, 0.15) is 33.6 Å². The van der Waals surface area contributed by atoms with Crippen LogP contribution in [0.5, 0.6) is 0 Å². The molecule has 1 aliphatic heterocycles. The quantitative estimate of drug-likeness (QED) is 0.610. The molecule has 0 aliphatic carbocycles. The summed E-state index contributed by atoms with van der Waals surface area (Å²) in [6, 6.07) is 6.13. The number of likely N-dealkylation sites (tertiary alicyclic amines) is 1. The fourth-order valence-corrected chi connectivity index (χ4v) is 3.02. The lowest BCUT2D eigenvalue weighted by molar-refractivity contribution is -0.125. The van der Waals surface area contributed by atoms with Crippen molar-refractivity contribution in [1.29, 1.82) is 0 Å². The second kappa shape index (κ2) is 12.6. The molecule has 1 fully saturated rings. The average molecular weight is 412 g/mol. The highest BCUT2D eigenvalue weighted by atomic mass is 16.2. The molecule has 3 N–H and O–H groups in total. The Bertz CT molecular complexity index is 855. The molecule has 0 radical (unpaired) electrons. The molecule has 0 bridgehead atoms. The molecule has 3 rings (SSSR count). The van der Waals surface area contributed by atoms with Crippen LogP contribution >= 0.6 is 0 Å². The van der Waals surface area contributed by atoms with Gasteiger partial charge in [-0.1, -0.05) is 19.9 Å². The fourth-order valence-electron chi connectivity index (χ4n) is 3.02. The lowest BCUT2D eigenvalue weighted by Crippen LogP contribution is -2.26. The highest BCUT2D eigenvalue weighted by molar-refractivity contribution is 5.87. The molecule has 1 saturated heterocycles. The highest BCUT2D eigenvalue weighted by Crippen LogP contribution is 2.18. The van der Waals surface area contributed by atoms with Crippen molar-refractivity contribution < 1.29 is 4.79 Å². The van der Waals surface area contributed by atoms with Crippen LogP contribution in [0.15, 0.2) is 53.7 Å². The second-order valence-corrected chi connectivity index (χ2v) is 7.40. The minimum Gasteiger partial charge on any atom is -0.381 e. The number of hydrogen-bond donors (Lipinski definition) is 3. The molecule has 2 aromatic rings. The summed E-state index contributed by atoms with van der Waals surface area (Å²) >= 11 is 0. The summed E-state index contributed by atoms with van der Waals surface area (Å²) < 4.78 is 0. The van der Waals surface area contributed by atoms with E-state index < -0.39 is 0 Å². The van der Waals surface area contributed by atoms with Crippen molar-refractivity contribution in [3.8, 4) is 11.1 Å². The number of nitrogens with one attached hydrogen (secondary N) is 3. The predicted octanol–water partition coefficient (Wildman–Crippen LogP) is 3.03. The first-order chi connectivity index (χ1) is 14.5.